The molecule has 90 valence electrons. The average Bonchev–Trinajstić information content (AvgIpc) is 2.64. The molecule has 6 heteroatoms. The van der Waals surface area contributed by atoms with Gasteiger partial charge in [0.15, 0.2) is 0 Å². The van der Waals surface area contributed by atoms with Gasteiger partial charge < -0.3 is 5.73 Å². The molecule has 3 nitrogen and oxygen atoms in total. The maximum atomic E-state index is 12.6. The van der Waals surface area contributed by atoms with Crippen LogP contribution in [0.1, 0.15) is 11.3 Å². The van der Waals surface area contributed by atoms with Crippen molar-refractivity contribution in [2.75, 3.05) is 5.73 Å². The molecule has 0 saturated heterocycles. The van der Waals surface area contributed by atoms with E-state index in [1.807, 2.05) is 0 Å². The number of nitrogen functional groups attached to an aromatic ring is 1. The van der Waals surface area contributed by atoms with Crippen molar-refractivity contribution in [2.24, 2.45) is 0 Å². The Hall–Kier alpha value is -1.98. The van der Waals surface area contributed by atoms with Gasteiger partial charge in [0.2, 0.25) is 0 Å². The van der Waals surface area contributed by atoms with E-state index in [-0.39, 0.29) is 5.69 Å². The topological polar surface area (TPSA) is 43.8 Å². The lowest BCUT2D eigenvalue weighted by molar-refractivity contribution is -0.136. The molecule has 1 aromatic carbocycles. The zero-order valence-electron chi connectivity index (χ0n) is 8.99. The Kier molecular flexibility index (Phi) is 2.57. The van der Waals surface area contributed by atoms with Crippen molar-refractivity contribution in [1.82, 2.24) is 9.78 Å². The van der Waals surface area contributed by atoms with Gasteiger partial charge in [-0.15, -0.1) is 0 Å². The number of alkyl halides is 3. The molecule has 0 aliphatic heterocycles. The van der Waals surface area contributed by atoms with Crippen LogP contribution >= 0.6 is 0 Å². The van der Waals surface area contributed by atoms with Gasteiger partial charge in [-0.25, -0.2) is 4.68 Å². The number of hydrogen-bond donors (Lipinski definition) is 1. The van der Waals surface area contributed by atoms with E-state index in [2.05, 4.69) is 5.10 Å². The van der Waals surface area contributed by atoms with Crippen LogP contribution in [-0.2, 0) is 6.18 Å². The lowest BCUT2D eigenvalue weighted by atomic mass is 10.1. The lowest BCUT2D eigenvalue weighted by Gasteiger charge is -2.11. The van der Waals surface area contributed by atoms with Crippen molar-refractivity contribution in [1.29, 1.82) is 0 Å². The monoisotopic (exact) mass is 241 g/mol. The Morgan fingerprint density at radius 1 is 1.24 bits per heavy atom. The van der Waals surface area contributed by atoms with Crippen LogP contribution in [0.15, 0.2) is 30.5 Å². The zero-order chi connectivity index (χ0) is 12.6. The first-order valence-electron chi connectivity index (χ1n) is 4.87. The van der Waals surface area contributed by atoms with Gasteiger partial charge >= 0.3 is 6.18 Å². The summed E-state index contributed by atoms with van der Waals surface area (Å²) < 4.78 is 39.3. The molecule has 0 bridgehead atoms. The summed E-state index contributed by atoms with van der Waals surface area (Å²) in [5.41, 5.74) is 5.24. The second-order valence-corrected chi connectivity index (χ2v) is 3.67. The predicted octanol–water partition coefficient (Wildman–Crippen LogP) is 2.78. The van der Waals surface area contributed by atoms with E-state index in [0.29, 0.717) is 5.69 Å². The van der Waals surface area contributed by atoms with Crippen molar-refractivity contribution >= 4 is 5.69 Å². The first kappa shape index (κ1) is 11.5. The summed E-state index contributed by atoms with van der Waals surface area (Å²) in [6, 6.07) is 5.43. The molecule has 0 amide bonds. The fourth-order valence-electron chi connectivity index (χ4n) is 1.49. The van der Waals surface area contributed by atoms with Crippen LogP contribution in [0.5, 0.6) is 0 Å². The van der Waals surface area contributed by atoms with Crippen molar-refractivity contribution in [2.45, 2.75) is 13.1 Å². The standard InChI is InChI=1S/C11H10F3N3/c1-7-4-5-17(16-7)8-2-3-10(15)9(6-8)11(12,13)14/h2-6H,15H2,1H3. The van der Waals surface area contributed by atoms with Crippen molar-refractivity contribution in [3.63, 3.8) is 0 Å². The molecule has 2 N–H and O–H groups in total. The average molecular weight is 241 g/mol. The van der Waals surface area contributed by atoms with Crippen LogP contribution in [-0.4, -0.2) is 9.78 Å². The number of nitrogens with zero attached hydrogens (tertiary/aromatic N) is 2. The van der Waals surface area contributed by atoms with Crippen LogP contribution in [0.3, 0.4) is 0 Å². The molecular weight excluding hydrogens is 231 g/mol. The van der Waals surface area contributed by atoms with E-state index in [1.165, 1.54) is 16.8 Å². The summed E-state index contributed by atoms with van der Waals surface area (Å²) >= 11 is 0. The number of anilines is 1. The number of aromatic nitrogens is 2. The Morgan fingerprint density at radius 2 is 1.94 bits per heavy atom. The molecule has 1 aromatic heterocycles. The van der Waals surface area contributed by atoms with Gasteiger partial charge in [0, 0.05) is 11.9 Å². The third kappa shape index (κ3) is 2.25. The Labute approximate surface area is 95.7 Å². The van der Waals surface area contributed by atoms with Gasteiger partial charge in [0.1, 0.15) is 0 Å². The van der Waals surface area contributed by atoms with E-state index >= 15 is 0 Å². The molecule has 0 fully saturated rings. The third-order valence-corrected chi connectivity index (χ3v) is 2.33. The van der Waals surface area contributed by atoms with E-state index in [1.54, 1.807) is 19.2 Å². The first-order chi connectivity index (χ1) is 7.88. The maximum Gasteiger partial charge on any atom is 0.418 e. The van der Waals surface area contributed by atoms with Crippen molar-refractivity contribution in [3.05, 3.63) is 41.7 Å². The predicted molar refractivity (Wildman–Crippen MR) is 57.7 cm³/mol. The largest absolute Gasteiger partial charge is 0.418 e. The smallest absolute Gasteiger partial charge is 0.398 e. The van der Waals surface area contributed by atoms with Crippen LogP contribution in [0.25, 0.3) is 5.69 Å². The molecule has 2 rings (SSSR count). The van der Waals surface area contributed by atoms with Gasteiger partial charge in [-0.2, -0.15) is 18.3 Å². The molecule has 0 saturated carbocycles. The summed E-state index contributed by atoms with van der Waals surface area (Å²) in [5.74, 6) is 0. The molecule has 0 aliphatic rings. The lowest BCUT2D eigenvalue weighted by Crippen LogP contribution is -2.10. The van der Waals surface area contributed by atoms with Crippen LogP contribution in [0.4, 0.5) is 18.9 Å². The summed E-state index contributed by atoms with van der Waals surface area (Å²) in [6.07, 6.45) is -2.86. The number of hydrogen-bond acceptors (Lipinski definition) is 2. The molecule has 0 atom stereocenters. The van der Waals surface area contributed by atoms with Gasteiger partial charge in [-0.05, 0) is 31.2 Å². The van der Waals surface area contributed by atoms with Crippen molar-refractivity contribution in [3.8, 4) is 5.69 Å². The summed E-state index contributed by atoms with van der Waals surface area (Å²) in [4.78, 5) is 0. The zero-order valence-corrected chi connectivity index (χ0v) is 8.99. The molecule has 2 aromatic rings. The van der Waals surface area contributed by atoms with Gasteiger partial charge in [0.25, 0.3) is 0 Å². The van der Waals surface area contributed by atoms with E-state index in [0.717, 1.165) is 11.8 Å². The molecule has 17 heavy (non-hydrogen) atoms. The summed E-state index contributed by atoms with van der Waals surface area (Å²) in [7, 11) is 0. The fourth-order valence-corrected chi connectivity index (χ4v) is 1.49. The number of halogens is 3. The van der Waals surface area contributed by atoms with E-state index in [4.69, 9.17) is 5.73 Å². The van der Waals surface area contributed by atoms with Gasteiger partial charge in [-0.1, -0.05) is 0 Å². The van der Waals surface area contributed by atoms with E-state index < -0.39 is 11.7 Å². The molecule has 0 spiro atoms. The Bertz CT molecular complexity index is 543. The second kappa shape index (κ2) is 3.80. The minimum Gasteiger partial charge on any atom is -0.398 e. The normalized spacial score (nSPS) is 11.8. The van der Waals surface area contributed by atoms with Crippen molar-refractivity contribution < 1.29 is 13.2 Å². The molecule has 0 aliphatic carbocycles. The molecule has 0 unspecified atom stereocenters. The third-order valence-electron chi connectivity index (χ3n) is 2.33. The van der Waals surface area contributed by atoms with Crippen LogP contribution < -0.4 is 5.73 Å². The van der Waals surface area contributed by atoms with Crippen LogP contribution in [0.2, 0.25) is 0 Å². The number of benzene rings is 1. The number of nitrogens with two attached hydrogens (primary N) is 1. The highest BCUT2D eigenvalue weighted by atomic mass is 19.4. The molecular formula is C11H10F3N3. The van der Waals surface area contributed by atoms with Crippen LogP contribution in [0, 0.1) is 6.92 Å². The minimum atomic E-state index is -4.46. The minimum absolute atomic E-state index is 0.287. The highest BCUT2D eigenvalue weighted by Crippen LogP contribution is 2.34. The second-order valence-electron chi connectivity index (χ2n) is 3.67. The molecule has 0 radical (unpaired) electrons. The SMILES string of the molecule is Cc1ccn(-c2ccc(N)c(C(F)(F)F)c2)n1. The highest BCUT2D eigenvalue weighted by molar-refractivity contribution is 5.53. The number of rotatable bonds is 1. The maximum absolute atomic E-state index is 12.6. The highest BCUT2D eigenvalue weighted by Gasteiger charge is 2.33. The summed E-state index contributed by atoms with van der Waals surface area (Å²) in [5, 5.41) is 4.04. The number of aryl methyl sites for hydroxylation is 1. The fraction of sp³-hybridized carbons (Fsp3) is 0.182. The molecule has 1 heterocycles. The summed E-state index contributed by atoms with van der Waals surface area (Å²) in [6.45, 7) is 1.76. The van der Waals surface area contributed by atoms with Gasteiger partial charge in [0.05, 0.1) is 16.9 Å². The van der Waals surface area contributed by atoms with E-state index in [9.17, 15) is 13.2 Å². The first-order valence-corrected chi connectivity index (χ1v) is 4.87. The Morgan fingerprint density at radius 3 is 2.47 bits per heavy atom. The Balaban J connectivity index is 2.51. The van der Waals surface area contributed by atoms with Gasteiger partial charge in [-0.3, -0.25) is 0 Å². The quantitative estimate of drug-likeness (QED) is 0.780.